The fourth-order valence-electron chi connectivity index (χ4n) is 2.97. The number of nitrogens with zero attached hydrogens (tertiary/aromatic N) is 4. The highest BCUT2D eigenvalue weighted by atomic mass is 16.2. The molecule has 1 aromatic heterocycles. The van der Waals surface area contributed by atoms with Crippen molar-refractivity contribution >= 4 is 28.9 Å². The molecule has 0 saturated heterocycles. The SMILES string of the molecule is CCn1nc(C)c2c1C(=O)Nc1ccccc1N2C(=O)CN(C)C. The van der Waals surface area contributed by atoms with Gasteiger partial charge in [0.15, 0.2) is 5.69 Å². The second-order valence-corrected chi connectivity index (χ2v) is 6.04. The predicted molar refractivity (Wildman–Crippen MR) is 92.7 cm³/mol. The normalized spacial score (nSPS) is 13.4. The number of benzene rings is 1. The third kappa shape index (κ3) is 2.56. The highest BCUT2D eigenvalue weighted by molar-refractivity contribution is 6.17. The van der Waals surface area contributed by atoms with Crippen LogP contribution < -0.4 is 10.2 Å². The van der Waals surface area contributed by atoms with E-state index in [0.717, 1.165) is 0 Å². The minimum absolute atomic E-state index is 0.107. The van der Waals surface area contributed by atoms with Crippen LogP contribution >= 0.6 is 0 Å². The van der Waals surface area contributed by atoms with Crippen LogP contribution in [0.25, 0.3) is 0 Å². The van der Waals surface area contributed by atoms with Gasteiger partial charge < -0.3 is 10.2 Å². The fraction of sp³-hybridized carbons (Fsp3) is 0.353. The van der Waals surface area contributed by atoms with Crippen molar-refractivity contribution in [1.29, 1.82) is 0 Å². The van der Waals surface area contributed by atoms with Gasteiger partial charge in [0, 0.05) is 6.54 Å². The minimum atomic E-state index is -0.250. The molecule has 0 fully saturated rings. The van der Waals surface area contributed by atoms with Gasteiger partial charge in [-0.3, -0.25) is 19.2 Å². The Kier molecular flexibility index (Phi) is 4.11. The molecule has 7 nitrogen and oxygen atoms in total. The lowest BCUT2D eigenvalue weighted by atomic mass is 10.2. The number of rotatable bonds is 3. The van der Waals surface area contributed by atoms with Crippen molar-refractivity contribution in [3.8, 4) is 0 Å². The molecule has 0 atom stereocenters. The average Bonchev–Trinajstić information content (AvgIpc) is 2.78. The summed E-state index contributed by atoms with van der Waals surface area (Å²) in [5, 5.41) is 7.33. The van der Waals surface area contributed by atoms with Crippen molar-refractivity contribution in [2.24, 2.45) is 0 Å². The Balaban J connectivity index is 2.26. The Morgan fingerprint density at radius 2 is 2.00 bits per heavy atom. The molecule has 0 radical (unpaired) electrons. The van der Waals surface area contributed by atoms with Crippen molar-refractivity contribution in [2.75, 3.05) is 30.9 Å². The van der Waals surface area contributed by atoms with E-state index in [2.05, 4.69) is 10.4 Å². The number of hydrogen-bond donors (Lipinski definition) is 1. The van der Waals surface area contributed by atoms with E-state index < -0.39 is 0 Å². The van der Waals surface area contributed by atoms with Gasteiger partial charge in [-0.05, 0) is 40.1 Å². The van der Waals surface area contributed by atoms with E-state index in [1.165, 1.54) is 0 Å². The predicted octanol–water partition coefficient (Wildman–Crippen LogP) is 2.00. The zero-order chi connectivity index (χ0) is 17.4. The van der Waals surface area contributed by atoms with Crippen LogP contribution in [0.2, 0.25) is 0 Å². The van der Waals surface area contributed by atoms with Gasteiger partial charge >= 0.3 is 0 Å². The van der Waals surface area contributed by atoms with Crippen LogP contribution in [0.1, 0.15) is 23.1 Å². The van der Waals surface area contributed by atoms with Gasteiger partial charge in [0.2, 0.25) is 5.91 Å². The third-order valence-corrected chi connectivity index (χ3v) is 3.93. The molecule has 1 N–H and O–H groups in total. The first-order valence-corrected chi connectivity index (χ1v) is 7.89. The summed E-state index contributed by atoms with van der Waals surface area (Å²) in [6.07, 6.45) is 0. The molecule has 2 amide bonds. The molecular weight excluding hydrogens is 306 g/mol. The highest BCUT2D eigenvalue weighted by Gasteiger charge is 2.34. The van der Waals surface area contributed by atoms with E-state index in [4.69, 9.17) is 0 Å². The van der Waals surface area contributed by atoms with Crippen LogP contribution in [0.3, 0.4) is 0 Å². The van der Waals surface area contributed by atoms with Crippen molar-refractivity contribution in [2.45, 2.75) is 20.4 Å². The molecule has 1 aromatic carbocycles. The number of fused-ring (bicyclic) bond motifs is 2. The number of carbonyl (C=O) groups excluding carboxylic acids is 2. The number of likely N-dealkylation sites (N-methyl/N-ethyl adjacent to an activating group) is 1. The molecule has 0 spiro atoms. The topological polar surface area (TPSA) is 70.5 Å². The largest absolute Gasteiger partial charge is 0.319 e. The zero-order valence-corrected chi connectivity index (χ0v) is 14.3. The van der Waals surface area contributed by atoms with Crippen LogP contribution in [0.15, 0.2) is 24.3 Å². The molecule has 0 unspecified atom stereocenters. The number of aromatic nitrogens is 2. The number of para-hydroxylation sites is 2. The van der Waals surface area contributed by atoms with Gasteiger partial charge in [-0.25, -0.2) is 0 Å². The zero-order valence-electron chi connectivity index (χ0n) is 14.3. The van der Waals surface area contributed by atoms with E-state index in [1.54, 1.807) is 15.6 Å². The lowest BCUT2D eigenvalue weighted by molar-refractivity contribution is -0.118. The molecule has 0 saturated carbocycles. The number of hydrogen-bond acceptors (Lipinski definition) is 4. The molecule has 1 aliphatic heterocycles. The molecule has 2 heterocycles. The van der Waals surface area contributed by atoms with Gasteiger partial charge in [-0.1, -0.05) is 12.1 Å². The Morgan fingerprint density at radius 3 is 2.67 bits per heavy atom. The third-order valence-electron chi connectivity index (χ3n) is 3.93. The quantitative estimate of drug-likeness (QED) is 0.936. The van der Waals surface area contributed by atoms with Gasteiger partial charge in [0.25, 0.3) is 5.91 Å². The summed E-state index contributed by atoms with van der Waals surface area (Å²) in [6.45, 7) is 4.53. The van der Waals surface area contributed by atoms with Crippen LogP contribution in [0.5, 0.6) is 0 Å². The summed E-state index contributed by atoms with van der Waals surface area (Å²) in [4.78, 5) is 29.1. The van der Waals surface area contributed by atoms with Gasteiger partial charge in [-0.15, -0.1) is 0 Å². The average molecular weight is 327 g/mol. The molecule has 1 aliphatic rings. The van der Waals surface area contributed by atoms with E-state index in [1.807, 2.05) is 51.0 Å². The first-order chi connectivity index (χ1) is 11.4. The molecule has 24 heavy (non-hydrogen) atoms. The van der Waals surface area contributed by atoms with Crippen molar-refractivity contribution in [3.63, 3.8) is 0 Å². The summed E-state index contributed by atoms with van der Waals surface area (Å²) in [6, 6.07) is 7.32. The number of carbonyl (C=O) groups is 2. The van der Waals surface area contributed by atoms with Gasteiger partial charge in [0.1, 0.15) is 5.69 Å². The standard InChI is InChI=1S/C17H21N5O2/c1-5-21-16-15(11(2)19-21)22(14(23)10-20(3)4)13-9-7-6-8-12(13)18-17(16)24/h6-9H,5,10H2,1-4H3,(H,18,24). The van der Waals surface area contributed by atoms with E-state index >= 15 is 0 Å². The Hall–Kier alpha value is -2.67. The van der Waals surface area contributed by atoms with Crippen LogP contribution in [-0.2, 0) is 11.3 Å². The molecule has 126 valence electrons. The maximum absolute atomic E-state index is 13.0. The van der Waals surface area contributed by atoms with Gasteiger partial charge in [0.05, 0.1) is 23.6 Å². The Morgan fingerprint density at radius 1 is 1.29 bits per heavy atom. The number of nitrogens with one attached hydrogen (secondary N) is 1. The van der Waals surface area contributed by atoms with Crippen LogP contribution in [0, 0.1) is 6.92 Å². The van der Waals surface area contributed by atoms with E-state index in [0.29, 0.717) is 35.0 Å². The maximum Gasteiger partial charge on any atom is 0.276 e. The first kappa shape index (κ1) is 16.2. The number of anilines is 3. The number of amides is 2. The lowest BCUT2D eigenvalue weighted by Gasteiger charge is -2.24. The van der Waals surface area contributed by atoms with Crippen LogP contribution in [-0.4, -0.2) is 47.1 Å². The monoisotopic (exact) mass is 327 g/mol. The summed E-state index contributed by atoms with van der Waals surface area (Å²) in [5.74, 6) is -0.357. The summed E-state index contributed by atoms with van der Waals surface area (Å²) in [5.41, 5.74) is 2.92. The molecule has 3 rings (SSSR count). The Bertz CT molecular complexity index is 809. The highest BCUT2D eigenvalue weighted by Crippen LogP contribution is 2.39. The molecule has 0 bridgehead atoms. The second-order valence-electron chi connectivity index (χ2n) is 6.04. The summed E-state index contributed by atoms with van der Waals surface area (Å²) in [7, 11) is 3.68. The van der Waals surface area contributed by atoms with Gasteiger partial charge in [-0.2, -0.15) is 5.10 Å². The molecular formula is C17H21N5O2. The smallest absolute Gasteiger partial charge is 0.276 e. The molecule has 0 aliphatic carbocycles. The second kappa shape index (κ2) is 6.09. The Labute approximate surface area is 140 Å². The molecule has 2 aromatic rings. The minimum Gasteiger partial charge on any atom is -0.319 e. The van der Waals surface area contributed by atoms with Crippen molar-refractivity contribution in [3.05, 3.63) is 35.7 Å². The maximum atomic E-state index is 13.0. The van der Waals surface area contributed by atoms with Crippen molar-refractivity contribution in [1.82, 2.24) is 14.7 Å². The van der Waals surface area contributed by atoms with Crippen molar-refractivity contribution < 1.29 is 9.59 Å². The summed E-state index contributed by atoms with van der Waals surface area (Å²) < 4.78 is 1.64. The number of aryl methyl sites for hydroxylation is 2. The fourth-order valence-corrected chi connectivity index (χ4v) is 2.97. The first-order valence-electron chi connectivity index (χ1n) is 7.89. The summed E-state index contributed by atoms with van der Waals surface area (Å²) >= 11 is 0. The van der Waals surface area contributed by atoms with E-state index in [-0.39, 0.29) is 18.4 Å². The van der Waals surface area contributed by atoms with Crippen LogP contribution in [0.4, 0.5) is 17.1 Å². The van der Waals surface area contributed by atoms with E-state index in [9.17, 15) is 9.59 Å². The molecule has 7 heteroatoms. The lowest BCUT2D eigenvalue weighted by Crippen LogP contribution is -2.35.